The summed E-state index contributed by atoms with van der Waals surface area (Å²) in [6.07, 6.45) is -9.30. The van der Waals surface area contributed by atoms with E-state index in [0.717, 1.165) is 0 Å². The first-order valence-corrected chi connectivity index (χ1v) is 7.80. The van der Waals surface area contributed by atoms with Gasteiger partial charge in [0.2, 0.25) is 0 Å². The molecule has 0 aromatic rings. The molecular formula is C10H19O14P. The molecule has 0 aliphatic heterocycles. The van der Waals surface area contributed by atoms with Crippen molar-refractivity contribution in [2.45, 2.75) is 37.3 Å². The minimum absolute atomic E-state index is 0.296. The second kappa shape index (κ2) is 11.8. The van der Waals surface area contributed by atoms with Crippen molar-refractivity contribution in [3.8, 4) is 0 Å². The molecule has 148 valence electrons. The van der Waals surface area contributed by atoms with Crippen LogP contribution in [0, 0.1) is 0 Å². The Kier molecular flexibility index (Phi) is 12.1. The largest absolute Gasteiger partial charge is 0.481 e. The summed E-state index contributed by atoms with van der Waals surface area (Å²) in [5.41, 5.74) is 0. The van der Waals surface area contributed by atoms with Gasteiger partial charge in [-0.1, -0.05) is 0 Å². The van der Waals surface area contributed by atoms with Gasteiger partial charge in [-0.15, -0.1) is 0 Å². The Hall–Kier alpha value is -1.64. The van der Waals surface area contributed by atoms with Crippen molar-refractivity contribution < 1.29 is 69.0 Å². The Morgan fingerprint density at radius 3 is 1.52 bits per heavy atom. The lowest BCUT2D eigenvalue weighted by atomic mass is 10.0. The number of carbonyl (C=O) groups is 3. The Bertz CT molecular complexity index is 472. The molecular weight excluding hydrogens is 375 g/mol. The molecule has 0 spiro atoms. The van der Waals surface area contributed by atoms with Gasteiger partial charge in [0.05, 0.1) is 19.4 Å². The number of phosphoric ester groups is 1. The van der Waals surface area contributed by atoms with E-state index >= 15 is 0 Å². The Labute approximate surface area is 139 Å². The van der Waals surface area contributed by atoms with E-state index in [-0.39, 0.29) is 12.8 Å². The maximum absolute atomic E-state index is 10.2. The number of aliphatic hydroxyl groups is 4. The van der Waals surface area contributed by atoms with Gasteiger partial charge in [0.1, 0.15) is 18.3 Å². The fourth-order valence-corrected chi connectivity index (χ4v) is 1.39. The fourth-order valence-electron chi connectivity index (χ4n) is 1.05. The lowest BCUT2D eigenvalue weighted by Gasteiger charge is -2.24. The highest BCUT2D eigenvalue weighted by Gasteiger charge is 2.35. The molecule has 9 N–H and O–H groups in total. The number of carboxylic acid groups (broad SMARTS) is 3. The predicted molar refractivity (Wildman–Crippen MR) is 74.2 cm³/mol. The molecule has 0 radical (unpaired) electrons. The molecule has 25 heavy (non-hydrogen) atoms. The van der Waals surface area contributed by atoms with E-state index < -0.39 is 56.8 Å². The molecule has 0 aliphatic rings. The minimum atomic E-state index is -4.86. The average Bonchev–Trinajstić information content (AvgIpc) is 2.48. The maximum Gasteiger partial charge on any atom is 0.469 e. The third-order valence-corrected chi connectivity index (χ3v) is 2.77. The third-order valence-electron chi connectivity index (χ3n) is 2.29. The SMILES string of the molecule is O=C(O)CCC(=O)O.O=C(O)[C@H](O)[C@@H](O)[C@H](O)[C@H](O)COP(=O)(O)O. The Morgan fingerprint density at radius 2 is 1.24 bits per heavy atom. The van der Waals surface area contributed by atoms with Crippen LogP contribution in [0.5, 0.6) is 0 Å². The van der Waals surface area contributed by atoms with Gasteiger partial charge in [0.25, 0.3) is 0 Å². The number of aliphatic hydroxyl groups excluding tert-OH is 4. The topological polar surface area (TPSA) is 260 Å². The number of carboxylic acids is 3. The molecule has 0 fully saturated rings. The molecule has 0 aliphatic carbocycles. The highest BCUT2D eigenvalue weighted by molar-refractivity contribution is 7.46. The molecule has 4 atom stereocenters. The van der Waals surface area contributed by atoms with Gasteiger partial charge in [-0.3, -0.25) is 14.1 Å². The third kappa shape index (κ3) is 14.4. The van der Waals surface area contributed by atoms with Crippen molar-refractivity contribution in [3.05, 3.63) is 0 Å². The van der Waals surface area contributed by atoms with Crippen LogP contribution in [0.2, 0.25) is 0 Å². The molecule has 0 unspecified atom stereocenters. The number of phosphoric acid groups is 1. The highest BCUT2D eigenvalue weighted by atomic mass is 31.2. The van der Waals surface area contributed by atoms with E-state index in [1.54, 1.807) is 0 Å². The Balaban J connectivity index is 0. The predicted octanol–water partition coefficient (Wildman–Crippen LogP) is -3.44. The quantitative estimate of drug-likeness (QED) is 0.163. The molecule has 15 heteroatoms. The van der Waals surface area contributed by atoms with Crippen molar-refractivity contribution in [2.24, 2.45) is 0 Å². The van der Waals surface area contributed by atoms with Crippen LogP contribution in [0.25, 0.3) is 0 Å². The normalized spacial score (nSPS) is 15.9. The summed E-state index contributed by atoms with van der Waals surface area (Å²) >= 11 is 0. The molecule has 0 bridgehead atoms. The van der Waals surface area contributed by atoms with E-state index in [1.807, 2.05) is 0 Å². The van der Waals surface area contributed by atoms with Crippen LogP contribution in [0.1, 0.15) is 12.8 Å². The Morgan fingerprint density at radius 1 is 0.840 bits per heavy atom. The van der Waals surface area contributed by atoms with Crippen LogP contribution in [0.15, 0.2) is 0 Å². The van der Waals surface area contributed by atoms with Crippen LogP contribution in [0.4, 0.5) is 0 Å². The zero-order valence-corrected chi connectivity index (χ0v) is 13.3. The lowest BCUT2D eigenvalue weighted by molar-refractivity contribution is -0.164. The molecule has 0 aromatic heterocycles. The van der Waals surface area contributed by atoms with Gasteiger partial charge < -0.3 is 45.5 Å². The number of aliphatic carboxylic acids is 3. The van der Waals surface area contributed by atoms with E-state index in [0.29, 0.717) is 0 Å². The van der Waals surface area contributed by atoms with Crippen molar-refractivity contribution in [2.75, 3.05) is 6.61 Å². The van der Waals surface area contributed by atoms with Crippen LogP contribution < -0.4 is 0 Å². The summed E-state index contributed by atoms with van der Waals surface area (Å²) in [6.45, 7) is -1.05. The molecule has 0 aromatic carbocycles. The van der Waals surface area contributed by atoms with Gasteiger partial charge in [0, 0.05) is 0 Å². The van der Waals surface area contributed by atoms with Gasteiger partial charge in [0.15, 0.2) is 6.10 Å². The van der Waals surface area contributed by atoms with Crippen molar-refractivity contribution in [3.63, 3.8) is 0 Å². The van der Waals surface area contributed by atoms with E-state index in [1.165, 1.54) is 0 Å². The van der Waals surface area contributed by atoms with Crippen molar-refractivity contribution in [1.29, 1.82) is 0 Å². The smallest absolute Gasteiger partial charge is 0.469 e. The zero-order chi connectivity index (χ0) is 20.4. The summed E-state index contributed by atoms with van der Waals surface area (Å²) in [5, 5.41) is 60.2. The van der Waals surface area contributed by atoms with E-state index in [2.05, 4.69) is 4.52 Å². The second-order valence-corrected chi connectivity index (χ2v) is 5.64. The standard InChI is InChI=1S/C6H13O10P.C4H6O4/c7-2(1-16-17(13,14)15)3(8)4(9)5(10)6(11)12;5-3(6)1-2-4(7)8/h2-5,7-10H,1H2,(H,11,12)(H2,13,14,15);1-2H2,(H,5,6)(H,7,8)/t2-,3-,4+,5-;/m1./s1. The van der Waals surface area contributed by atoms with Gasteiger partial charge in [-0.2, -0.15) is 0 Å². The maximum atomic E-state index is 10.2. The van der Waals surface area contributed by atoms with Crippen molar-refractivity contribution >= 4 is 25.7 Å². The minimum Gasteiger partial charge on any atom is -0.481 e. The van der Waals surface area contributed by atoms with Crippen LogP contribution in [0.3, 0.4) is 0 Å². The number of rotatable bonds is 10. The average molecular weight is 394 g/mol. The molecule has 0 saturated carbocycles. The fraction of sp³-hybridized carbons (Fsp3) is 0.700. The zero-order valence-electron chi connectivity index (χ0n) is 12.4. The highest BCUT2D eigenvalue weighted by Crippen LogP contribution is 2.35. The van der Waals surface area contributed by atoms with Crippen LogP contribution >= 0.6 is 7.82 Å². The first kappa shape index (κ1) is 25.6. The molecule has 14 nitrogen and oxygen atoms in total. The lowest BCUT2D eigenvalue weighted by Crippen LogP contribution is -2.48. The van der Waals surface area contributed by atoms with Crippen molar-refractivity contribution in [1.82, 2.24) is 0 Å². The van der Waals surface area contributed by atoms with Crippen LogP contribution in [-0.4, -0.2) is 94.5 Å². The summed E-state index contributed by atoms with van der Waals surface area (Å²) in [6, 6.07) is 0. The van der Waals surface area contributed by atoms with Crippen LogP contribution in [-0.2, 0) is 23.5 Å². The summed E-state index contributed by atoms with van der Waals surface area (Å²) < 4.78 is 14.1. The molecule has 0 rings (SSSR count). The number of hydrogen-bond donors (Lipinski definition) is 9. The summed E-state index contributed by atoms with van der Waals surface area (Å²) in [7, 11) is -4.86. The first-order valence-electron chi connectivity index (χ1n) is 6.27. The monoisotopic (exact) mass is 394 g/mol. The van der Waals surface area contributed by atoms with Gasteiger partial charge in [-0.05, 0) is 0 Å². The van der Waals surface area contributed by atoms with E-state index in [9.17, 15) is 18.9 Å². The summed E-state index contributed by atoms with van der Waals surface area (Å²) in [5.74, 6) is -3.99. The number of hydrogen-bond acceptors (Lipinski definition) is 9. The molecule has 0 saturated heterocycles. The second-order valence-electron chi connectivity index (χ2n) is 4.41. The summed E-state index contributed by atoms with van der Waals surface area (Å²) in [4.78, 5) is 46.1. The molecule has 0 heterocycles. The van der Waals surface area contributed by atoms with E-state index in [4.69, 9.17) is 45.5 Å². The first-order chi connectivity index (χ1) is 11.2. The molecule has 0 amide bonds. The van der Waals surface area contributed by atoms with Gasteiger partial charge in [-0.25, -0.2) is 9.36 Å². The van der Waals surface area contributed by atoms with Gasteiger partial charge >= 0.3 is 25.7 Å².